The summed E-state index contributed by atoms with van der Waals surface area (Å²) in [5.74, 6) is 0. The van der Waals surface area contributed by atoms with E-state index in [-0.39, 0.29) is 28.4 Å². The van der Waals surface area contributed by atoms with Crippen molar-refractivity contribution >= 4 is 57.2 Å². The van der Waals surface area contributed by atoms with Crippen molar-refractivity contribution in [3.8, 4) is 39.6 Å². The van der Waals surface area contributed by atoms with Gasteiger partial charge < -0.3 is 9.80 Å². The van der Waals surface area contributed by atoms with E-state index in [2.05, 4.69) is 245 Å². The second-order valence-corrected chi connectivity index (χ2v) is 23.4. The first-order valence-electron chi connectivity index (χ1n) is 24.5. The van der Waals surface area contributed by atoms with Crippen LogP contribution in [-0.2, 0) is 21.7 Å². The zero-order valence-corrected chi connectivity index (χ0v) is 42.5. The van der Waals surface area contributed by atoms with Crippen molar-refractivity contribution in [2.45, 2.75) is 105 Å². The molecule has 0 atom stereocenters. The molecule has 342 valence electrons. The molecule has 0 saturated heterocycles. The van der Waals surface area contributed by atoms with E-state index in [1.165, 1.54) is 60.9 Å². The van der Waals surface area contributed by atoms with Crippen molar-refractivity contribution in [1.29, 1.82) is 5.26 Å². The normalized spacial score (nSPS) is 13.4. The summed E-state index contributed by atoms with van der Waals surface area (Å²) in [4.78, 5) is 10.1. The summed E-state index contributed by atoms with van der Waals surface area (Å²) in [5.41, 5.74) is 22.4. The van der Waals surface area contributed by atoms with Gasteiger partial charge in [0, 0.05) is 45.9 Å². The van der Waals surface area contributed by atoms with E-state index >= 15 is 0 Å². The molecule has 69 heavy (non-hydrogen) atoms. The SMILES string of the molecule is CC(C)(C)c1cc(N2c3ccc(-c4ccccc4)cc3B3c4cc(-c5ccccc5)ccc4N(c4cc(C(C)(C)C)cc(C(C)(C)C)c4)c4cc(-c5ccc(C#N)cn5)cc2c43)cc(C(C)(C)C)c1. The van der Waals surface area contributed by atoms with Gasteiger partial charge in [-0.1, -0.05) is 180 Å². The third-order valence-electron chi connectivity index (χ3n) is 14.3. The van der Waals surface area contributed by atoms with E-state index < -0.39 is 0 Å². The molecule has 0 radical (unpaired) electrons. The summed E-state index contributed by atoms with van der Waals surface area (Å²) in [6, 6.07) is 61.3. The van der Waals surface area contributed by atoms with Crippen molar-refractivity contribution in [2.75, 3.05) is 9.80 Å². The Hall–Kier alpha value is -7.16. The maximum Gasteiger partial charge on any atom is 0.252 e. The number of hydrogen-bond donors (Lipinski definition) is 0. The number of hydrogen-bond acceptors (Lipinski definition) is 4. The Bertz CT molecular complexity index is 3060. The molecule has 0 aliphatic carbocycles. The molecule has 8 aromatic rings. The van der Waals surface area contributed by atoms with Gasteiger partial charge in [-0.2, -0.15) is 5.26 Å². The molecule has 7 aromatic carbocycles. The lowest BCUT2D eigenvalue weighted by Gasteiger charge is -2.45. The highest BCUT2D eigenvalue weighted by Crippen LogP contribution is 2.49. The first kappa shape index (κ1) is 45.6. The summed E-state index contributed by atoms with van der Waals surface area (Å²) >= 11 is 0. The third kappa shape index (κ3) is 8.35. The zero-order chi connectivity index (χ0) is 48.8. The number of nitrogens with zero attached hydrogens (tertiary/aromatic N) is 4. The molecule has 1 aromatic heterocycles. The minimum absolute atomic E-state index is 0.103. The molecule has 4 nitrogen and oxygen atoms in total. The van der Waals surface area contributed by atoms with Crippen molar-refractivity contribution in [3.05, 3.63) is 192 Å². The average molecular weight is 899 g/mol. The minimum Gasteiger partial charge on any atom is -0.311 e. The minimum atomic E-state index is -0.122. The Balaban J connectivity index is 1.38. The summed E-state index contributed by atoms with van der Waals surface area (Å²) < 4.78 is 0. The van der Waals surface area contributed by atoms with Crippen LogP contribution in [0.2, 0.25) is 0 Å². The lowest BCUT2D eigenvalue weighted by molar-refractivity contribution is 0.568. The maximum absolute atomic E-state index is 9.88. The molecular formula is C64H63BN4. The number of rotatable bonds is 5. The topological polar surface area (TPSA) is 43.2 Å². The highest BCUT2D eigenvalue weighted by molar-refractivity contribution is 7.00. The molecule has 5 heteroatoms. The predicted molar refractivity (Wildman–Crippen MR) is 294 cm³/mol. The number of benzene rings is 7. The van der Waals surface area contributed by atoms with Gasteiger partial charge in [-0.25, -0.2) is 0 Å². The third-order valence-corrected chi connectivity index (χ3v) is 14.3. The highest BCUT2D eigenvalue weighted by Gasteiger charge is 2.45. The zero-order valence-electron chi connectivity index (χ0n) is 42.5. The van der Waals surface area contributed by atoms with Crippen molar-refractivity contribution in [2.24, 2.45) is 0 Å². The number of nitriles is 1. The largest absolute Gasteiger partial charge is 0.311 e. The quantitative estimate of drug-likeness (QED) is 0.161. The molecule has 0 fully saturated rings. The molecular weight excluding hydrogens is 836 g/mol. The summed E-state index contributed by atoms with van der Waals surface area (Å²) in [5, 5.41) is 9.88. The lowest BCUT2D eigenvalue weighted by Crippen LogP contribution is -2.61. The fraction of sp³-hybridized carbons (Fsp3) is 0.250. The van der Waals surface area contributed by atoms with Gasteiger partial charge in [0.1, 0.15) is 6.07 Å². The van der Waals surface area contributed by atoms with Crippen LogP contribution in [0.5, 0.6) is 0 Å². The van der Waals surface area contributed by atoms with Crippen LogP contribution < -0.4 is 26.2 Å². The van der Waals surface area contributed by atoms with E-state index in [9.17, 15) is 5.26 Å². The van der Waals surface area contributed by atoms with E-state index in [0.717, 1.165) is 45.4 Å². The number of fused-ring (bicyclic) bond motifs is 4. The summed E-state index contributed by atoms with van der Waals surface area (Å²) in [6.45, 7) is 27.7. The molecule has 0 spiro atoms. The molecule has 10 rings (SSSR count). The van der Waals surface area contributed by atoms with E-state index in [1.807, 2.05) is 12.1 Å². The van der Waals surface area contributed by atoms with Crippen LogP contribution in [0.3, 0.4) is 0 Å². The fourth-order valence-corrected chi connectivity index (χ4v) is 10.2. The van der Waals surface area contributed by atoms with Gasteiger partial charge in [0.2, 0.25) is 0 Å². The average Bonchev–Trinajstić information content (AvgIpc) is 3.32. The van der Waals surface area contributed by atoms with Crippen molar-refractivity contribution in [3.63, 3.8) is 0 Å². The first-order valence-corrected chi connectivity index (χ1v) is 24.5. The van der Waals surface area contributed by atoms with Crippen molar-refractivity contribution < 1.29 is 0 Å². The predicted octanol–water partition coefficient (Wildman–Crippen LogP) is 15.2. The molecule has 2 aliphatic rings. The summed E-state index contributed by atoms with van der Waals surface area (Å²) in [7, 11) is 0. The molecule has 0 amide bonds. The number of aromatic nitrogens is 1. The van der Waals surface area contributed by atoms with E-state index in [4.69, 9.17) is 4.98 Å². The number of pyridine rings is 1. The van der Waals surface area contributed by atoms with Gasteiger partial charge >= 0.3 is 0 Å². The molecule has 2 aliphatic heterocycles. The van der Waals surface area contributed by atoms with E-state index in [0.29, 0.717) is 5.56 Å². The van der Waals surface area contributed by atoms with Gasteiger partial charge in [-0.05, 0) is 143 Å². The number of anilines is 6. The summed E-state index contributed by atoms with van der Waals surface area (Å²) in [6.07, 6.45) is 1.70. The molecule has 0 bridgehead atoms. The Morgan fingerprint density at radius 1 is 0.406 bits per heavy atom. The Morgan fingerprint density at radius 3 is 1.16 bits per heavy atom. The lowest BCUT2D eigenvalue weighted by atomic mass is 9.33. The first-order chi connectivity index (χ1) is 32.7. The fourth-order valence-electron chi connectivity index (χ4n) is 10.2. The van der Waals surface area contributed by atoms with Crippen LogP contribution in [0.4, 0.5) is 34.1 Å². The van der Waals surface area contributed by atoms with Gasteiger partial charge in [-0.3, -0.25) is 4.98 Å². The van der Waals surface area contributed by atoms with Gasteiger partial charge in [0.05, 0.1) is 11.3 Å². The standard InChI is InChI=1S/C64H63BN4/c1-61(2,3)47-33-48(62(4,5)6)36-51(35-47)68-56-27-24-44(42-19-15-13-16-20-42)29-53(56)65-54-30-45(43-21-17-14-18-22-43)25-28-57(54)69(52-37-49(63(7,8)9)34-50(38-52)64(10,11)12)59-32-46(31-58(68)60(59)65)55-26-23-41(39-66)40-67-55/h13-38,40H,1-12H3. The smallest absolute Gasteiger partial charge is 0.252 e. The van der Waals surface area contributed by atoms with Crippen LogP contribution in [-0.4, -0.2) is 11.7 Å². The van der Waals surface area contributed by atoms with E-state index in [1.54, 1.807) is 6.20 Å². The van der Waals surface area contributed by atoms with Gasteiger partial charge in [0.25, 0.3) is 6.71 Å². The van der Waals surface area contributed by atoms with Crippen LogP contribution in [0, 0.1) is 11.3 Å². The molecule has 0 unspecified atom stereocenters. The van der Waals surface area contributed by atoms with Crippen LogP contribution in [0.1, 0.15) is 111 Å². The van der Waals surface area contributed by atoms with Crippen LogP contribution in [0.25, 0.3) is 33.5 Å². The van der Waals surface area contributed by atoms with Gasteiger partial charge in [-0.15, -0.1) is 0 Å². The highest BCUT2D eigenvalue weighted by atomic mass is 15.2. The second kappa shape index (κ2) is 16.5. The molecule has 0 N–H and O–H groups in total. The second-order valence-electron chi connectivity index (χ2n) is 23.4. The van der Waals surface area contributed by atoms with Crippen LogP contribution >= 0.6 is 0 Å². The van der Waals surface area contributed by atoms with Gasteiger partial charge in [0.15, 0.2) is 0 Å². The monoisotopic (exact) mass is 899 g/mol. The molecule has 3 heterocycles. The Morgan fingerprint density at radius 2 is 0.812 bits per heavy atom. The Labute approximate surface area is 411 Å². The maximum atomic E-state index is 9.88. The Kier molecular flexibility index (Phi) is 10.9. The molecule has 0 saturated carbocycles. The van der Waals surface area contributed by atoms with Crippen LogP contribution in [0.15, 0.2) is 164 Å². The van der Waals surface area contributed by atoms with Crippen molar-refractivity contribution in [1.82, 2.24) is 4.98 Å².